The predicted molar refractivity (Wildman–Crippen MR) is 82.9 cm³/mol. The number of para-hydroxylation sites is 1. The number of ketones is 3. The lowest BCUT2D eigenvalue weighted by Crippen LogP contribution is -2.35. The van der Waals surface area contributed by atoms with Gasteiger partial charge in [0.25, 0.3) is 0 Å². The Balaban J connectivity index is 2.15. The minimum absolute atomic E-state index is 0.0389. The second-order valence-electron chi connectivity index (χ2n) is 5.73. The number of rotatable bonds is 2. The summed E-state index contributed by atoms with van der Waals surface area (Å²) in [6.07, 6.45) is 0.940. The van der Waals surface area contributed by atoms with Gasteiger partial charge >= 0.3 is 0 Å². The molecule has 2 aromatic rings. The normalized spacial score (nSPS) is 15.7. The molecule has 0 atom stereocenters. The van der Waals surface area contributed by atoms with Crippen molar-refractivity contribution in [2.24, 2.45) is 5.92 Å². The zero-order chi connectivity index (χ0) is 16.6. The molecule has 5 nitrogen and oxygen atoms in total. The number of nitriles is 1. The van der Waals surface area contributed by atoms with Crippen molar-refractivity contribution in [1.82, 2.24) is 4.98 Å². The van der Waals surface area contributed by atoms with Gasteiger partial charge in [-0.05, 0) is 25.0 Å². The molecule has 0 amide bonds. The Bertz CT molecular complexity index is 877. The first kappa shape index (κ1) is 15.0. The van der Waals surface area contributed by atoms with Crippen LogP contribution in [0.25, 0.3) is 10.9 Å². The van der Waals surface area contributed by atoms with Gasteiger partial charge in [-0.15, -0.1) is 0 Å². The fourth-order valence-electron chi connectivity index (χ4n) is 2.97. The Hall–Kier alpha value is -2.87. The molecule has 0 bridgehead atoms. The van der Waals surface area contributed by atoms with Crippen LogP contribution in [0.4, 0.5) is 0 Å². The molecular weight excluding hydrogens is 292 g/mol. The smallest absolute Gasteiger partial charge is 0.183 e. The maximum Gasteiger partial charge on any atom is 0.183 e. The van der Waals surface area contributed by atoms with Crippen molar-refractivity contribution in [3.05, 3.63) is 41.1 Å². The van der Waals surface area contributed by atoms with E-state index in [0.29, 0.717) is 17.3 Å². The molecule has 1 fully saturated rings. The minimum atomic E-state index is -1.28. The van der Waals surface area contributed by atoms with Gasteiger partial charge in [0.2, 0.25) is 0 Å². The lowest BCUT2D eigenvalue weighted by Gasteiger charge is -2.18. The average Bonchev–Trinajstić information content (AvgIpc) is 2.54. The number of Topliss-reactive ketones (excluding diaryl/α,β-unsaturated/α-hetero) is 3. The highest BCUT2D eigenvalue weighted by atomic mass is 16.2. The van der Waals surface area contributed by atoms with Crippen LogP contribution in [-0.2, 0) is 9.59 Å². The Labute approximate surface area is 132 Å². The van der Waals surface area contributed by atoms with Crippen LogP contribution in [0.2, 0.25) is 0 Å². The summed E-state index contributed by atoms with van der Waals surface area (Å²) >= 11 is 0. The van der Waals surface area contributed by atoms with Crippen molar-refractivity contribution in [3.63, 3.8) is 0 Å². The highest BCUT2D eigenvalue weighted by molar-refractivity contribution is 6.25. The molecule has 1 aromatic carbocycles. The van der Waals surface area contributed by atoms with E-state index in [0.717, 1.165) is 5.56 Å². The minimum Gasteiger partial charge on any atom is -0.298 e. The molecule has 1 saturated carbocycles. The van der Waals surface area contributed by atoms with E-state index in [9.17, 15) is 19.6 Å². The number of benzene rings is 1. The zero-order valence-electron chi connectivity index (χ0n) is 12.6. The summed E-state index contributed by atoms with van der Waals surface area (Å²) in [5.74, 6) is -2.61. The molecule has 0 aliphatic heterocycles. The van der Waals surface area contributed by atoms with E-state index < -0.39 is 11.7 Å². The standard InChI is InChI=1S/C18H14N2O3/c1-10-4-2-5-11-8-12(13(9-19)20-17(10)11)18(23)16-14(21)6-3-7-15(16)22/h2,4-5,8,16H,3,6-7H2,1H3. The van der Waals surface area contributed by atoms with Crippen molar-refractivity contribution in [3.8, 4) is 6.07 Å². The Morgan fingerprint density at radius 3 is 2.61 bits per heavy atom. The van der Waals surface area contributed by atoms with Crippen LogP contribution in [0.5, 0.6) is 0 Å². The highest BCUT2D eigenvalue weighted by Crippen LogP contribution is 2.25. The van der Waals surface area contributed by atoms with Gasteiger partial charge in [0.05, 0.1) is 11.1 Å². The number of carbonyl (C=O) groups excluding carboxylic acids is 3. The van der Waals surface area contributed by atoms with Gasteiger partial charge in [-0.25, -0.2) is 4.98 Å². The number of nitrogens with zero attached hydrogens (tertiary/aromatic N) is 2. The molecule has 114 valence electrons. The zero-order valence-corrected chi connectivity index (χ0v) is 12.6. The largest absolute Gasteiger partial charge is 0.298 e. The second-order valence-corrected chi connectivity index (χ2v) is 5.73. The molecule has 0 spiro atoms. The van der Waals surface area contributed by atoms with Gasteiger partial charge in [-0.3, -0.25) is 14.4 Å². The van der Waals surface area contributed by atoms with Crippen molar-refractivity contribution in [2.45, 2.75) is 26.2 Å². The molecule has 1 aliphatic rings. The second kappa shape index (κ2) is 5.73. The molecule has 1 aromatic heterocycles. The maximum atomic E-state index is 12.7. The van der Waals surface area contributed by atoms with Crippen molar-refractivity contribution in [2.75, 3.05) is 0 Å². The maximum absolute atomic E-state index is 12.7. The third-order valence-corrected chi connectivity index (χ3v) is 4.17. The summed E-state index contributed by atoms with van der Waals surface area (Å²) in [6.45, 7) is 1.87. The third-order valence-electron chi connectivity index (χ3n) is 4.17. The van der Waals surface area contributed by atoms with Crippen LogP contribution in [-0.4, -0.2) is 22.3 Å². The van der Waals surface area contributed by atoms with Gasteiger partial charge < -0.3 is 0 Å². The molecular formula is C18H14N2O3. The summed E-state index contributed by atoms with van der Waals surface area (Å²) in [5, 5.41) is 10.0. The summed E-state index contributed by atoms with van der Waals surface area (Å²) < 4.78 is 0. The predicted octanol–water partition coefficient (Wildman–Crippen LogP) is 2.54. The number of aryl methyl sites for hydroxylation is 1. The quantitative estimate of drug-likeness (QED) is 0.628. The van der Waals surface area contributed by atoms with Gasteiger partial charge in [0.15, 0.2) is 23.0 Å². The Morgan fingerprint density at radius 2 is 1.96 bits per heavy atom. The van der Waals surface area contributed by atoms with Crippen LogP contribution in [0.15, 0.2) is 24.3 Å². The molecule has 5 heteroatoms. The highest BCUT2D eigenvalue weighted by Gasteiger charge is 2.37. The van der Waals surface area contributed by atoms with E-state index in [1.807, 2.05) is 25.1 Å². The van der Waals surface area contributed by atoms with Gasteiger partial charge in [-0.2, -0.15) is 5.26 Å². The molecule has 1 heterocycles. The Kier molecular flexibility index (Phi) is 3.75. The number of pyridine rings is 1. The van der Waals surface area contributed by atoms with Crippen molar-refractivity contribution >= 4 is 28.3 Å². The third kappa shape index (κ3) is 2.53. The number of hydrogen-bond donors (Lipinski definition) is 0. The summed E-state index contributed by atoms with van der Waals surface area (Å²) in [7, 11) is 0. The number of hydrogen-bond acceptors (Lipinski definition) is 5. The van der Waals surface area contributed by atoms with Crippen LogP contribution in [0.3, 0.4) is 0 Å². The van der Waals surface area contributed by atoms with E-state index in [1.165, 1.54) is 0 Å². The van der Waals surface area contributed by atoms with Gasteiger partial charge in [0.1, 0.15) is 12.0 Å². The molecule has 0 unspecified atom stereocenters. The number of aromatic nitrogens is 1. The van der Waals surface area contributed by atoms with E-state index >= 15 is 0 Å². The molecule has 1 aliphatic carbocycles. The average molecular weight is 306 g/mol. The van der Waals surface area contributed by atoms with E-state index in [4.69, 9.17) is 0 Å². The SMILES string of the molecule is Cc1cccc2cc(C(=O)C3C(=O)CCCC3=O)c(C#N)nc12. The monoisotopic (exact) mass is 306 g/mol. The molecule has 23 heavy (non-hydrogen) atoms. The molecule has 0 N–H and O–H groups in total. The first-order chi connectivity index (χ1) is 11.0. The molecule has 0 radical (unpaired) electrons. The number of fused-ring (bicyclic) bond motifs is 1. The fraction of sp³-hybridized carbons (Fsp3) is 0.278. The molecule has 3 rings (SSSR count). The number of carbonyl (C=O) groups is 3. The van der Waals surface area contributed by atoms with Crippen LogP contribution in [0, 0.1) is 24.2 Å². The summed E-state index contributed by atoms with van der Waals surface area (Å²) in [6, 6.07) is 8.96. The van der Waals surface area contributed by atoms with Crippen molar-refractivity contribution in [1.29, 1.82) is 5.26 Å². The van der Waals surface area contributed by atoms with Crippen LogP contribution in [0.1, 0.15) is 40.9 Å². The first-order valence-corrected chi connectivity index (χ1v) is 7.43. The summed E-state index contributed by atoms with van der Waals surface area (Å²) in [5.41, 5.74) is 1.55. The van der Waals surface area contributed by atoms with E-state index in [2.05, 4.69) is 4.98 Å². The van der Waals surface area contributed by atoms with Gasteiger partial charge in [0, 0.05) is 18.2 Å². The van der Waals surface area contributed by atoms with E-state index in [-0.39, 0.29) is 35.7 Å². The lowest BCUT2D eigenvalue weighted by atomic mass is 9.81. The van der Waals surface area contributed by atoms with Crippen molar-refractivity contribution < 1.29 is 14.4 Å². The van der Waals surface area contributed by atoms with E-state index in [1.54, 1.807) is 12.1 Å². The Morgan fingerprint density at radius 1 is 1.26 bits per heavy atom. The fourth-order valence-corrected chi connectivity index (χ4v) is 2.97. The van der Waals surface area contributed by atoms with Crippen LogP contribution < -0.4 is 0 Å². The summed E-state index contributed by atoms with van der Waals surface area (Å²) in [4.78, 5) is 40.9. The topological polar surface area (TPSA) is 87.9 Å². The lowest BCUT2D eigenvalue weighted by molar-refractivity contribution is -0.133. The first-order valence-electron chi connectivity index (χ1n) is 7.43. The van der Waals surface area contributed by atoms with Crippen LogP contribution >= 0.6 is 0 Å². The van der Waals surface area contributed by atoms with Gasteiger partial charge in [-0.1, -0.05) is 18.2 Å². The molecule has 0 saturated heterocycles.